The Morgan fingerprint density at radius 1 is 1.10 bits per heavy atom. The molecule has 2 aromatic rings. The molecule has 0 aromatic heterocycles. The molecule has 0 saturated heterocycles. The summed E-state index contributed by atoms with van der Waals surface area (Å²) in [5.74, 6) is 0. The van der Waals surface area contributed by atoms with Crippen molar-refractivity contribution >= 4 is 34.8 Å². The van der Waals surface area contributed by atoms with E-state index < -0.39 is 0 Å². The van der Waals surface area contributed by atoms with Crippen molar-refractivity contribution in [3.8, 4) is 0 Å². The van der Waals surface area contributed by atoms with E-state index in [1.807, 2.05) is 31.2 Å². The second kappa shape index (κ2) is 6.82. The molecule has 4 heteroatoms. The van der Waals surface area contributed by atoms with Gasteiger partial charge >= 0.3 is 0 Å². The van der Waals surface area contributed by atoms with Gasteiger partial charge in [0, 0.05) is 5.02 Å². The van der Waals surface area contributed by atoms with E-state index in [0.29, 0.717) is 10.0 Å². The zero-order chi connectivity index (χ0) is 14.7. The molecule has 1 atom stereocenters. The van der Waals surface area contributed by atoms with Crippen LogP contribution in [0.2, 0.25) is 15.1 Å². The van der Waals surface area contributed by atoms with Gasteiger partial charge in [-0.25, -0.2) is 0 Å². The van der Waals surface area contributed by atoms with Crippen LogP contribution in [0.3, 0.4) is 0 Å². The monoisotopic (exact) mass is 327 g/mol. The third-order valence-electron chi connectivity index (χ3n) is 3.10. The molecule has 1 nitrogen and oxygen atoms in total. The molecule has 2 aromatic carbocycles. The highest BCUT2D eigenvalue weighted by Crippen LogP contribution is 2.34. The lowest BCUT2D eigenvalue weighted by Gasteiger charge is -2.21. The highest BCUT2D eigenvalue weighted by atomic mass is 35.5. The molecule has 106 valence electrons. The highest BCUT2D eigenvalue weighted by molar-refractivity contribution is 6.42. The molecule has 0 fully saturated rings. The molecule has 0 amide bonds. The molecular formula is C16H16Cl3N. The highest BCUT2D eigenvalue weighted by Gasteiger charge is 2.18. The Morgan fingerprint density at radius 3 is 2.50 bits per heavy atom. The van der Waals surface area contributed by atoms with Crippen molar-refractivity contribution in [3.63, 3.8) is 0 Å². The molecule has 0 saturated carbocycles. The van der Waals surface area contributed by atoms with Gasteiger partial charge in [-0.2, -0.15) is 0 Å². The zero-order valence-corrected chi connectivity index (χ0v) is 13.7. The summed E-state index contributed by atoms with van der Waals surface area (Å²) in [7, 11) is 0. The molecule has 1 N–H and O–H groups in total. The smallest absolute Gasteiger partial charge is 0.0643 e. The van der Waals surface area contributed by atoms with Gasteiger partial charge in [0.15, 0.2) is 0 Å². The normalized spacial score (nSPS) is 12.4. The molecule has 1 unspecified atom stereocenters. The maximum Gasteiger partial charge on any atom is 0.0643 e. The van der Waals surface area contributed by atoms with Crippen molar-refractivity contribution in [2.45, 2.75) is 19.9 Å². The summed E-state index contributed by atoms with van der Waals surface area (Å²) in [6, 6.07) is 11.7. The molecule has 0 bridgehead atoms. The fourth-order valence-electron chi connectivity index (χ4n) is 2.29. The first kappa shape index (κ1) is 15.7. The van der Waals surface area contributed by atoms with Crippen molar-refractivity contribution in [1.82, 2.24) is 5.32 Å². The Labute approximate surface area is 134 Å². The van der Waals surface area contributed by atoms with Gasteiger partial charge < -0.3 is 5.32 Å². The predicted molar refractivity (Wildman–Crippen MR) is 88.2 cm³/mol. The first-order valence-electron chi connectivity index (χ1n) is 6.47. The minimum atomic E-state index is -0.0244. The van der Waals surface area contributed by atoms with Crippen LogP contribution in [0.15, 0.2) is 36.4 Å². The second-order valence-electron chi connectivity index (χ2n) is 4.70. The molecule has 2 rings (SSSR count). The van der Waals surface area contributed by atoms with Crippen molar-refractivity contribution in [2.24, 2.45) is 0 Å². The van der Waals surface area contributed by atoms with Gasteiger partial charge in [0.05, 0.1) is 16.1 Å². The number of hydrogen-bond acceptors (Lipinski definition) is 1. The largest absolute Gasteiger partial charge is 0.306 e. The molecule has 20 heavy (non-hydrogen) atoms. The van der Waals surface area contributed by atoms with Crippen LogP contribution in [0.1, 0.15) is 29.7 Å². The first-order valence-corrected chi connectivity index (χ1v) is 7.60. The van der Waals surface area contributed by atoms with E-state index in [-0.39, 0.29) is 6.04 Å². The Bertz CT molecular complexity index is 590. The minimum Gasteiger partial charge on any atom is -0.306 e. The third-order valence-corrected chi connectivity index (χ3v) is 4.15. The van der Waals surface area contributed by atoms with Crippen LogP contribution >= 0.6 is 34.8 Å². The van der Waals surface area contributed by atoms with Gasteiger partial charge in [-0.05, 0) is 48.4 Å². The Hall–Kier alpha value is -0.730. The lowest BCUT2D eigenvalue weighted by molar-refractivity contribution is 0.630. The molecular weight excluding hydrogens is 313 g/mol. The summed E-state index contributed by atoms with van der Waals surface area (Å²) in [4.78, 5) is 0. The van der Waals surface area contributed by atoms with Crippen LogP contribution in [0.25, 0.3) is 0 Å². The van der Waals surface area contributed by atoms with E-state index in [0.717, 1.165) is 28.3 Å². The van der Waals surface area contributed by atoms with Crippen LogP contribution in [0.4, 0.5) is 0 Å². The van der Waals surface area contributed by atoms with Gasteiger partial charge in [-0.3, -0.25) is 0 Å². The van der Waals surface area contributed by atoms with E-state index in [2.05, 4.69) is 18.3 Å². The van der Waals surface area contributed by atoms with Crippen LogP contribution in [-0.2, 0) is 0 Å². The summed E-state index contributed by atoms with van der Waals surface area (Å²) < 4.78 is 0. The van der Waals surface area contributed by atoms with Gasteiger partial charge in [0.25, 0.3) is 0 Å². The molecule has 0 aliphatic carbocycles. The molecule has 0 radical (unpaired) electrons. The quantitative estimate of drug-likeness (QED) is 0.764. The summed E-state index contributed by atoms with van der Waals surface area (Å²) in [6.07, 6.45) is 0. The van der Waals surface area contributed by atoms with Crippen molar-refractivity contribution in [2.75, 3.05) is 6.54 Å². The van der Waals surface area contributed by atoms with E-state index in [4.69, 9.17) is 34.8 Å². The minimum absolute atomic E-state index is 0.0244. The Balaban J connectivity index is 2.53. The number of aryl methyl sites for hydroxylation is 1. The number of hydrogen-bond donors (Lipinski definition) is 1. The van der Waals surface area contributed by atoms with Gasteiger partial charge in [-0.1, -0.05) is 59.9 Å². The molecule has 0 aliphatic rings. The van der Waals surface area contributed by atoms with Crippen LogP contribution in [0.5, 0.6) is 0 Å². The van der Waals surface area contributed by atoms with Gasteiger partial charge in [-0.15, -0.1) is 0 Å². The molecule has 0 spiro atoms. The van der Waals surface area contributed by atoms with E-state index in [9.17, 15) is 0 Å². The molecule has 0 aliphatic heterocycles. The first-order chi connectivity index (χ1) is 9.52. The van der Waals surface area contributed by atoms with Gasteiger partial charge in [0.1, 0.15) is 0 Å². The summed E-state index contributed by atoms with van der Waals surface area (Å²) in [5.41, 5.74) is 3.16. The van der Waals surface area contributed by atoms with Crippen LogP contribution in [-0.4, -0.2) is 6.54 Å². The van der Waals surface area contributed by atoms with Crippen molar-refractivity contribution < 1.29 is 0 Å². The van der Waals surface area contributed by atoms with E-state index in [1.165, 1.54) is 0 Å². The van der Waals surface area contributed by atoms with Crippen LogP contribution in [0, 0.1) is 6.92 Å². The van der Waals surface area contributed by atoms with Crippen molar-refractivity contribution in [3.05, 3.63) is 68.2 Å². The average Bonchev–Trinajstić information content (AvgIpc) is 2.38. The fourth-order valence-corrected chi connectivity index (χ4v) is 3.00. The van der Waals surface area contributed by atoms with Crippen LogP contribution < -0.4 is 5.32 Å². The summed E-state index contributed by atoms with van der Waals surface area (Å²) >= 11 is 18.6. The molecule has 0 heterocycles. The summed E-state index contributed by atoms with van der Waals surface area (Å²) in [5, 5.41) is 5.30. The predicted octanol–water partition coefficient (Wildman–Crippen LogP) is 5.65. The standard InChI is InChI=1S/C16H16Cl3N/c1-3-20-16(11-7-10(2)8-12(17)9-11)13-5-4-6-14(18)15(13)19/h4-9,16,20H,3H2,1-2H3. The number of benzene rings is 2. The lowest BCUT2D eigenvalue weighted by atomic mass is 9.97. The summed E-state index contributed by atoms with van der Waals surface area (Å²) in [6.45, 7) is 4.90. The maximum absolute atomic E-state index is 6.35. The Morgan fingerprint density at radius 2 is 1.85 bits per heavy atom. The fraction of sp³-hybridized carbons (Fsp3) is 0.250. The number of rotatable bonds is 4. The van der Waals surface area contributed by atoms with Crippen molar-refractivity contribution in [1.29, 1.82) is 0 Å². The number of halogens is 3. The average molecular weight is 329 g/mol. The van der Waals surface area contributed by atoms with E-state index >= 15 is 0 Å². The number of nitrogens with one attached hydrogen (secondary N) is 1. The second-order valence-corrected chi connectivity index (χ2v) is 5.92. The topological polar surface area (TPSA) is 12.0 Å². The maximum atomic E-state index is 6.35. The Kier molecular flexibility index (Phi) is 5.34. The zero-order valence-electron chi connectivity index (χ0n) is 11.4. The SMILES string of the molecule is CCNC(c1cc(C)cc(Cl)c1)c1cccc(Cl)c1Cl. The third kappa shape index (κ3) is 3.48. The lowest BCUT2D eigenvalue weighted by Crippen LogP contribution is -2.22. The van der Waals surface area contributed by atoms with E-state index in [1.54, 1.807) is 6.07 Å². The van der Waals surface area contributed by atoms with Gasteiger partial charge in [0.2, 0.25) is 0 Å².